The van der Waals surface area contributed by atoms with E-state index in [2.05, 4.69) is 31.2 Å². The lowest BCUT2D eigenvalue weighted by Gasteiger charge is -2.14. The first-order chi connectivity index (χ1) is 10.6. The van der Waals surface area contributed by atoms with E-state index in [9.17, 15) is 0 Å². The summed E-state index contributed by atoms with van der Waals surface area (Å²) in [5, 5.41) is 11.2. The average Bonchev–Trinajstić information content (AvgIpc) is 3.22. The minimum Gasteiger partial charge on any atom is -0.383 e. The van der Waals surface area contributed by atoms with Crippen molar-refractivity contribution in [1.29, 1.82) is 0 Å². The molecule has 3 aromatic rings. The maximum atomic E-state index is 6.25. The van der Waals surface area contributed by atoms with Gasteiger partial charge < -0.3 is 11.5 Å². The second kappa shape index (κ2) is 5.06. The second-order valence-electron chi connectivity index (χ2n) is 5.75. The Bertz CT molecular complexity index is 823. The van der Waals surface area contributed by atoms with E-state index >= 15 is 0 Å². The van der Waals surface area contributed by atoms with Crippen LogP contribution in [0.4, 0.5) is 5.82 Å². The number of rotatable bonds is 2. The number of nitrogens with two attached hydrogens (primary N) is 2. The number of aromatic amines is 1. The van der Waals surface area contributed by atoms with E-state index < -0.39 is 0 Å². The van der Waals surface area contributed by atoms with E-state index in [0.717, 1.165) is 46.2 Å². The van der Waals surface area contributed by atoms with Crippen molar-refractivity contribution in [3.8, 4) is 11.1 Å². The number of hydrogen-bond acceptors (Lipinski definition) is 5. The predicted octanol–water partition coefficient (Wildman–Crippen LogP) is 2.06. The molecule has 0 spiro atoms. The quantitative estimate of drug-likeness (QED) is 0.646. The van der Waals surface area contributed by atoms with Crippen LogP contribution in [0, 0.1) is 0 Å². The first-order valence-electron chi connectivity index (χ1n) is 7.22. The molecule has 0 bridgehead atoms. The molecule has 0 amide bonds. The first kappa shape index (κ1) is 13.7. The number of aromatic nitrogens is 5. The number of nitrogens with zero attached hydrogens (tertiary/aromatic N) is 4. The van der Waals surface area contributed by atoms with Crippen LogP contribution in [0.15, 0.2) is 23.1 Å². The molecule has 7 nitrogen and oxygen atoms in total. The molecule has 2 atom stereocenters. The molecule has 0 aromatic carbocycles. The molecule has 3 heterocycles. The van der Waals surface area contributed by atoms with Gasteiger partial charge in [0, 0.05) is 29.3 Å². The van der Waals surface area contributed by atoms with Crippen LogP contribution in [-0.2, 0) is 0 Å². The largest absolute Gasteiger partial charge is 0.383 e. The third kappa shape index (κ3) is 2.02. The topological polar surface area (TPSA) is 111 Å². The van der Waals surface area contributed by atoms with Gasteiger partial charge in [0.2, 0.25) is 0 Å². The predicted molar refractivity (Wildman–Crippen MR) is 87.2 cm³/mol. The normalized spacial score (nSPS) is 21.7. The van der Waals surface area contributed by atoms with Crippen molar-refractivity contribution >= 4 is 27.4 Å². The molecule has 0 aliphatic heterocycles. The number of halogens is 1. The van der Waals surface area contributed by atoms with E-state index in [1.165, 1.54) is 0 Å². The molecule has 22 heavy (non-hydrogen) atoms. The Balaban J connectivity index is 1.91. The van der Waals surface area contributed by atoms with E-state index in [-0.39, 0.29) is 6.04 Å². The van der Waals surface area contributed by atoms with Crippen molar-refractivity contribution in [3.63, 3.8) is 0 Å². The van der Waals surface area contributed by atoms with Crippen LogP contribution in [0.25, 0.3) is 16.8 Å². The third-order valence-electron chi connectivity index (χ3n) is 4.32. The van der Waals surface area contributed by atoms with E-state index in [0.29, 0.717) is 11.7 Å². The standard InChI is InChI=1S/C14H16BrN7/c15-11-12(7-1-2-9(16)3-7)21-14-10(8-4-18-19-5-8)6-20-22(14)13(11)17/h4-7,9H,1-3,16-17H2,(H,18,19)/t7-,9-/m1/s1. The lowest BCUT2D eigenvalue weighted by molar-refractivity contribution is 0.658. The second-order valence-corrected chi connectivity index (χ2v) is 6.54. The van der Waals surface area contributed by atoms with E-state index in [4.69, 9.17) is 16.5 Å². The molecule has 1 aliphatic rings. The van der Waals surface area contributed by atoms with Gasteiger partial charge in [-0.05, 0) is 35.2 Å². The lowest BCUT2D eigenvalue weighted by Crippen LogP contribution is -2.15. The van der Waals surface area contributed by atoms with Gasteiger partial charge in [0.15, 0.2) is 5.65 Å². The highest BCUT2D eigenvalue weighted by Crippen LogP contribution is 2.39. The number of nitrogens with one attached hydrogen (secondary N) is 1. The summed E-state index contributed by atoms with van der Waals surface area (Å²) in [5.41, 5.74) is 15.9. The Morgan fingerprint density at radius 3 is 2.86 bits per heavy atom. The molecular weight excluding hydrogens is 346 g/mol. The third-order valence-corrected chi connectivity index (χ3v) is 5.13. The number of fused-ring (bicyclic) bond motifs is 1. The first-order valence-corrected chi connectivity index (χ1v) is 8.01. The van der Waals surface area contributed by atoms with Gasteiger partial charge in [-0.15, -0.1) is 0 Å². The Hall–Kier alpha value is -1.93. The fourth-order valence-electron chi connectivity index (χ4n) is 3.15. The van der Waals surface area contributed by atoms with Crippen LogP contribution in [0.3, 0.4) is 0 Å². The summed E-state index contributed by atoms with van der Waals surface area (Å²) < 4.78 is 2.48. The van der Waals surface area contributed by atoms with Gasteiger partial charge in [-0.1, -0.05) is 0 Å². The van der Waals surface area contributed by atoms with Gasteiger partial charge in [0.1, 0.15) is 5.82 Å². The van der Waals surface area contributed by atoms with Gasteiger partial charge in [-0.3, -0.25) is 5.10 Å². The van der Waals surface area contributed by atoms with Crippen molar-refractivity contribution < 1.29 is 0 Å². The van der Waals surface area contributed by atoms with Crippen molar-refractivity contribution in [3.05, 3.63) is 28.8 Å². The highest BCUT2D eigenvalue weighted by molar-refractivity contribution is 9.10. The number of H-pyrrole nitrogens is 1. The number of hydrogen-bond donors (Lipinski definition) is 3. The molecule has 0 saturated heterocycles. The molecule has 1 fully saturated rings. The maximum Gasteiger partial charge on any atom is 0.165 e. The number of anilines is 1. The fraction of sp³-hybridized carbons (Fsp3) is 0.357. The lowest BCUT2D eigenvalue weighted by atomic mass is 10.0. The van der Waals surface area contributed by atoms with Gasteiger partial charge >= 0.3 is 0 Å². The van der Waals surface area contributed by atoms with Crippen LogP contribution in [-0.4, -0.2) is 30.8 Å². The molecule has 3 aromatic heterocycles. The Labute approximate surface area is 135 Å². The molecular formula is C14H16BrN7. The van der Waals surface area contributed by atoms with Crippen molar-refractivity contribution in [2.45, 2.75) is 31.2 Å². The van der Waals surface area contributed by atoms with Crippen molar-refractivity contribution in [2.24, 2.45) is 5.73 Å². The van der Waals surface area contributed by atoms with Crippen LogP contribution in [0.2, 0.25) is 0 Å². The minimum absolute atomic E-state index is 0.245. The van der Waals surface area contributed by atoms with Crippen LogP contribution >= 0.6 is 15.9 Å². The molecule has 114 valence electrons. The monoisotopic (exact) mass is 361 g/mol. The summed E-state index contributed by atoms with van der Waals surface area (Å²) in [6.07, 6.45) is 8.34. The smallest absolute Gasteiger partial charge is 0.165 e. The fourth-order valence-corrected chi connectivity index (χ4v) is 3.73. The van der Waals surface area contributed by atoms with Gasteiger partial charge in [-0.25, -0.2) is 4.98 Å². The molecule has 0 radical (unpaired) electrons. The summed E-state index contributed by atoms with van der Waals surface area (Å²) >= 11 is 3.58. The van der Waals surface area contributed by atoms with Crippen molar-refractivity contribution in [1.82, 2.24) is 24.8 Å². The minimum atomic E-state index is 0.245. The highest BCUT2D eigenvalue weighted by Gasteiger charge is 2.28. The molecule has 4 rings (SSSR count). The van der Waals surface area contributed by atoms with E-state index in [1.54, 1.807) is 16.9 Å². The highest BCUT2D eigenvalue weighted by atomic mass is 79.9. The van der Waals surface area contributed by atoms with Crippen LogP contribution in [0.1, 0.15) is 30.9 Å². The molecule has 5 N–H and O–H groups in total. The zero-order valence-corrected chi connectivity index (χ0v) is 13.4. The molecule has 1 saturated carbocycles. The maximum absolute atomic E-state index is 6.25. The number of nitrogen functional groups attached to an aromatic ring is 1. The summed E-state index contributed by atoms with van der Waals surface area (Å²) in [4.78, 5) is 4.84. The average molecular weight is 362 g/mol. The van der Waals surface area contributed by atoms with Gasteiger partial charge in [-0.2, -0.15) is 14.7 Å². The Morgan fingerprint density at radius 2 is 2.18 bits per heavy atom. The summed E-state index contributed by atoms with van der Waals surface area (Å²) in [7, 11) is 0. The van der Waals surface area contributed by atoms with Crippen LogP contribution in [0.5, 0.6) is 0 Å². The Kier molecular flexibility index (Phi) is 3.16. The Morgan fingerprint density at radius 1 is 1.32 bits per heavy atom. The van der Waals surface area contributed by atoms with Crippen molar-refractivity contribution in [2.75, 3.05) is 5.73 Å². The molecule has 0 unspecified atom stereocenters. The van der Waals surface area contributed by atoms with Crippen LogP contribution < -0.4 is 11.5 Å². The van der Waals surface area contributed by atoms with Gasteiger partial charge in [0.25, 0.3) is 0 Å². The summed E-state index contributed by atoms with van der Waals surface area (Å²) in [6.45, 7) is 0. The zero-order chi connectivity index (χ0) is 15.3. The SMILES string of the molecule is Nc1c(Br)c([C@@H]2CC[C@@H](N)C2)nc2c(-c3cn[nH]c3)cnn12. The summed E-state index contributed by atoms with van der Waals surface area (Å²) in [5.74, 6) is 0.902. The zero-order valence-electron chi connectivity index (χ0n) is 11.8. The summed E-state index contributed by atoms with van der Waals surface area (Å²) in [6, 6.07) is 0.245. The van der Waals surface area contributed by atoms with E-state index in [1.807, 2.05) is 6.20 Å². The molecule has 1 aliphatic carbocycles. The van der Waals surface area contributed by atoms with Gasteiger partial charge in [0.05, 0.1) is 22.6 Å². The molecule has 8 heteroatoms.